The van der Waals surface area contributed by atoms with Gasteiger partial charge < -0.3 is 10.1 Å². The third-order valence-electron chi connectivity index (χ3n) is 3.04. The van der Waals surface area contributed by atoms with Crippen molar-refractivity contribution in [3.05, 3.63) is 53.2 Å². The van der Waals surface area contributed by atoms with Gasteiger partial charge in [-0.3, -0.25) is 5.10 Å². The van der Waals surface area contributed by atoms with Crippen LogP contribution in [0.5, 0.6) is 11.5 Å². The van der Waals surface area contributed by atoms with Crippen LogP contribution in [0.25, 0.3) is 10.9 Å². The number of nitrogens with one attached hydrogen (secondary N) is 2. The molecular formula is C15H14ClN3O. The normalized spacial score (nSPS) is 10.9. The van der Waals surface area contributed by atoms with Gasteiger partial charge in [0.15, 0.2) is 0 Å². The highest BCUT2D eigenvalue weighted by Crippen LogP contribution is 2.30. The van der Waals surface area contributed by atoms with Gasteiger partial charge in [-0.15, -0.1) is 0 Å². The van der Waals surface area contributed by atoms with E-state index in [1.54, 1.807) is 6.20 Å². The second-order valence-electron chi connectivity index (χ2n) is 4.50. The first-order valence-corrected chi connectivity index (χ1v) is 6.68. The number of hydrogen-bond donors (Lipinski definition) is 2. The number of nitrogens with zero attached hydrogens (tertiary/aromatic N) is 1. The van der Waals surface area contributed by atoms with E-state index >= 15 is 0 Å². The Morgan fingerprint density at radius 3 is 3.00 bits per heavy atom. The van der Waals surface area contributed by atoms with Crippen molar-refractivity contribution < 1.29 is 4.74 Å². The topological polar surface area (TPSA) is 49.9 Å². The fourth-order valence-electron chi connectivity index (χ4n) is 2.07. The Morgan fingerprint density at radius 2 is 2.15 bits per heavy atom. The molecule has 0 radical (unpaired) electrons. The summed E-state index contributed by atoms with van der Waals surface area (Å²) in [5.74, 6) is 1.52. The molecule has 0 spiro atoms. The maximum atomic E-state index is 6.05. The first-order valence-electron chi connectivity index (χ1n) is 6.30. The largest absolute Gasteiger partial charge is 0.457 e. The van der Waals surface area contributed by atoms with Crippen molar-refractivity contribution in [3.8, 4) is 11.5 Å². The van der Waals surface area contributed by atoms with E-state index in [9.17, 15) is 0 Å². The molecule has 0 aliphatic rings. The SMILES string of the molecule is CNCc1ccc(Cl)cc1Oc1ccc2[nH]ncc2c1. The quantitative estimate of drug-likeness (QED) is 0.769. The summed E-state index contributed by atoms with van der Waals surface area (Å²) in [4.78, 5) is 0. The highest BCUT2D eigenvalue weighted by molar-refractivity contribution is 6.30. The highest BCUT2D eigenvalue weighted by Gasteiger charge is 2.07. The number of benzene rings is 2. The van der Waals surface area contributed by atoms with Gasteiger partial charge in [0.1, 0.15) is 11.5 Å². The summed E-state index contributed by atoms with van der Waals surface area (Å²) in [5, 5.41) is 11.7. The van der Waals surface area contributed by atoms with E-state index in [0.717, 1.165) is 34.5 Å². The zero-order valence-corrected chi connectivity index (χ0v) is 11.7. The predicted octanol–water partition coefficient (Wildman–Crippen LogP) is 3.73. The Kier molecular flexibility index (Phi) is 3.58. The molecule has 3 rings (SSSR count). The molecule has 5 heteroatoms. The van der Waals surface area contributed by atoms with Crippen molar-refractivity contribution >= 4 is 22.5 Å². The van der Waals surface area contributed by atoms with Gasteiger partial charge in [-0.1, -0.05) is 17.7 Å². The van der Waals surface area contributed by atoms with Crippen LogP contribution in [0.4, 0.5) is 0 Å². The number of aromatic amines is 1. The van der Waals surface area contributed by atoms with Crippen molar-refractivity contribution in [1.82, 2.24) is 15.5 Å². The van der Waals surface area contributed by atoms with E-state index in [4.69, 9.17) is 16.3 Å². The summed E-state index contributed by atoms with van der Waals surface area (Å²) >= 11 is 6.05. The fraction of sp³-hybridized carbons (Fsp3) is 0.133. The molecule has 0 unspecified atom stereocenters. The van der Waals surface area contributed by atoms with Crippen molar-refractivity contribution in [2.45, 2.75) is 6.54 Å². The second-order valence-corrected chi connectivity index (χ2v) is 4.94. The minimum absolute atomic E-state index is 0.657. The number of ether oxygens (including phenoxy) is 1. The van der Waals surface area contributed by atoms with E-state index in [-0.39, 0.29) is 0 Å². The van der Waals surface area contributed by atoms with Crippen LogP contribution < -0.4 is 10.1 Å². The molecule has 0 atom stereocenters. The van der Waals surface area contributed by atoms with Crippen molar-refractivity contribution in [3.63, 3.8) is 0 Å². The molecule has 2 N–H and O–H groups in total. The van der Waals surface area contributed by atoms with Crippen LogP contribution in [0.2, 0.25) is 5.02 Å². The van der Waals surface area contributed by atoms with E-state index in [1.165, 1.54) is 0 Å². The molecule has 0 fully saturated rings. The van der Waals surface area contributed by atoms with Gasteiger partial charge in [0, 0.05) is 22.5 Å². The molecule has 0 amide bonds. The molecule has 4 nitrogen and oxygen atoms in total. The molecule has 0 aliphatic carbocycles. The van der Waals surface area contributed by atoms with Crippen LogP contribution >= 0.6 is 11.6 Å². The highest BCUT2D eigenvalue weighted by atomic mass is 35.5. The third kappa shape index (κ3) is 2.61. The molecular weight excluding hydrogens is 274 g/mol. The minimum Gasteiger partial charge on any atom is -0.457 e. The zero-order valence-electron chi connectivity index (χ0n) is 11.0. The molecule has 0 saturated heterocycles. The smallest absolute Gasteiger partial charge is 0.133 e. The summed E-state index contributed by atoms with van der Waals surface area (Å²) in [7, 11) is 1.90. The van der Waals surface area contributed by atoms with Gasteiger partial charge in [-0.05, 0) is 37.4 Å². The van der Waals surface area contributed by atoms with Gasteiger partial charge in [-0.25, -0.2) is 0 Å². The van der Waals surface area contributed by atoms with Gasteiger partial charge in [0.2, 0.25) is 0 Å². The van der Waals surface area contributed by atoms with Crippen molar-refractivity contribution in [1.29, 1.82) is 0 Å². The molecule has 20 heavy (non-hydrogen) atoms. The second kappa shape index (κ2) is 5.53. The van der Waals surface area contributed by atoms with Crippen LogP contribution in [0.15, 0.2) is 42.6 Å². The Balaban J connectivity index is 1.94. The lowest BCUT2D eigenvalue weighted by Gasteiger charge is -2.11. The average Bonchev–Trinajstić information content (AvgIpc) is 2.89. The van der Waals surface area contributed by atoms with Crippen molar-refractivity contribution in [2.24, 2.45) is 0 Å². The Labute approximate surface area is 121 Å². The average molecular weight is 288 g/mol. The first-order chi connectivity index (χ1) is 9.76. The summed E-state index contributed by atoms with van der Waals surface area (Å²) in [6.45, 7) is 0.723. The maximum absolute atomic E-state index is 6.05. The van der Waals surface area contributed by atoms with E-state index < -0.39 is 0 Å². The summed E-state index contributed by atoms with van der Waals surface area (Å²) in [5.41, 5.74) is 2.04. The standard InChI is InChI=1S/C15H14ClN3O/c1-17-8-10-2-3-12(16)7-15(10)20-13-4-5-14-11(6-13)9-18-19-14/h2-7,9,17H,8H2,1H3,(H,18,19). The maximum Gasteiger partial charge on any atom is 0.133 e. The van der Waals surface area contributed by atoms with Crippen molar-refractivity contribution in [2.75, 3.05) is 7.05 Å². The molecule has 1 aromatic heterocycles. The Morgan fingerprint density at radius 1 is 1.25 bits per heavy atom. The number of halogens is 1. The molecule has 0 bridgehead atoms. The lowest BCUT2D eigenvalue weighted by Crippen LogP contribution is -2.06. The predicted molar refractivity (Wildman–Crippen MR) is 80.4 cm³/mol. The van der Waals surface area contributed by atoms with Crippen LogP contribution in [-0.2, 0) is 6.54 Å². The molecule has 3 aromatic rings. The zero-order chi connectivity index (χ0) is 13.9. The van der Waals surface area contributed by atoms with Gasteiger partial charge in [0.05, 0.1) is 11.7 Å². The molecule has 0 aliphatic heterocycles. The number of hydrogen-bond acceptors (Lipinski definition) is 3. The summed E-state index contributed by atoms with van der Waals surface area (Å²) < 4.78 is 5.95. The van der Waals surface area contributed by atoms with E-state index in [2.05, 4.69) is 15.5 Å². The van der Waals surface area contributed by atoms with Crippen LogP contribution in [0.3, 0.4) is 0 Å². The van der Waals surface area contributed by atoms with Crippen LogP contribution in [0, 0.1) is 0 Å². The number of rotatable bonds is 4. The summed E-state index contributed by atoms with van der Waals surface area (Å²) in [6.07, 6.45) is 1.77. The minimum atomic E-state index is 0.657. The van der Waals surface area contributed by atoms with E-state index in [1.807, 2.05) is 43.4 Å². The van der Waals surface area contributed by atoms with E-state index in [0.29, 0.717) is 5.02 Å². The van der Waals surface area contributed by atoms with Gasteiger partial charge in [0.25, 0.3) is 0 Å². The molecule has 0 saturated carbocycles. The van der Waals surface area contributed by atoms with Crippen LogP contribution in [0.1, 0.15) is 5.56 Å². The molecule has 1 heterocycles. The molecule has 2 aromatic carbocycles. The molecule has 102 valence electrons. The first kappa shape index (κ1) is 13.0. The lowest BCUT2D eigenvalue weighted by atomic mass is 10.2. The summed E-state index contributed by atoms with van der Waals surface area (Å²) in [6, 6.07) is 11.5. The van der Waals surface area contributed by atoms with Gasteiger partial charge >= 0.3 is 0 Å². The lowest BCUT2D eigenvalue weighted by molar-refractivity contribution is 0.475. The Hall–Kier alpha value is -2.04. The monoisotopic (exact) mass is 287 g/mol. The van der Waals surface area contributed by atoms with Crippen LogP contribution in [-0.4, -0.2) is 17.2 Å². The Bertz CT molecular complexity index is 739. The number of aromatic nitrogens is 2. The third-order valence-corrected chi connectivity index (χ3v) is 3.27. The number of fused-ring (bicyclic) bond motifs is 1. The van der Waals surface area contributed by atoms with Gasteiger partial charge in [-0.2, -0.15) is 5.10 Å². The number of H-pyrrole nitrogens is 1. The fourth-order valence-corrected chi connectivity index (χ4v) is 2.23.